The number of fused-ring (bicyclic) bond motifs is 2. The van der Waals surface area contributed by atoms with E-state index in [1.807, 2.05) is 19.9 Å². The van der Waals surface area contributed by atoms with Crippen LogP contribution < -0.4 is 15.8 Å². The van der Waals surface area contributed by atoms with Gasteiger partial charge in [0.2, 0.25) is 0 Å². The average molecular weight is 484 g/mol. The van der Waals surface area contributed by atoms with Crippen LogP contribution in [0, 0.1) is 18.3 Å². The molecular formula is C27H25N5O4. The number of hydrogen-bond acceptors (Lipinski definition) is 6. The van der Waals surface area contributed by atoms with Gasteiger partial charge in [0.1, 0.15) is 23.1 Å². The minimum atomic E-state index is -0.510. The van der Waals surface area contributed by atoms with Crippen molar-refractivity contribution in [2.45, 2.75) is 39.3 Å². The Morgan fingerprint density at radius 2 is 2.08 bits per heavy atom. The highest BCUT2D eigenvalue weighted by Gasteiger charge is 2.21. The molecule has 0 spiro atoms. The molecule has 1 aromatic carbocycles. The molecule has 4 aromatic rings. The Bertz CT molecular complexity index is 1640. The minimum absolute atomic E-state index is 0.117. The highest BCUT2D eigenvalue weighted by atomic mass is 16.5. The summed E-state index contributed by atoms with van der Waals surface area (Å²) < 4.78 is 14.5. The van der Waals surface area contributed by atoms with Gasteiger partial charge in [-0.2, -0.15) is 10.3 Å². The zero-order chi connectivity index (χ0) is 25.2. The quantitative estimate of drug-likeness (QED) is 0.403. The second kappa shape index (κ2) is 9.76. The fourth-order valence-corrected chi connectivity index (χ4v) is 4.48. The molecule has 182 valence electrons. The Hall–Kier alpha value is -4.29. The Kier molecular flexibility index (Phi) is 6.36. The van der Waals surface area contributed by atoms with E-state index in [-0.39, 0.29) is 28.1 Å². The van der Waals surface area contributed by atoms with E-state index in [2.05, 4.69) is 11.1 Å². The zero-order valence-corrected chi connectivity index (χ0v) is 20.1. The van der Waals surface area contributed by atoms with E-state index in [0.717, 1.165) is 18.4 Å². The number of aromatic nitrogens is 3. The van der Waals surface area contributed by atoms with Crippen LogP contribution in [0.5, 0.6) is 5.75 Å². The molecule has 4 heterocycles. The summed E-state index contributed by atoms with van der Waals surface area (Å²) in [5.41, 5.74) is 2.03. The lowest BCUT2D eigenvalue weighted by Gasteiger charge is -2.17. The molecule has 1 aliphatic rings. The van der Waals surface area contributed by atoms with Crippen molar-refractivity contribution in [3.05, 3.63) is 81.2 Å². The van der Waals surface area contributed by atoms with Crippen LogP contribution in [0.1, 0.15) is 41.3 Å². The predicted octanol–water partition coefficient (Wildman–Crippen LogP) is 3.15. The summed E-state index contributed by atoms with van der Waals surface area (Å²) >= 11 is 0. The Balaban J connectivity index is 1.77. The van der Waals surface area contributed by atoms with Crippen molar-refractivity contribution < 1.29 is 14.3 Å². The van der Waals surface area contributed by atoms with E-state index in [9.17, 15) is 14.9 Å². The average Bonchev–Trinajstić information content (AvgIpc) is 3.40. The van der Waals surface area contributed by atoms with Gasteiger partial charge in [-0.1, -0.05) is 6.07 Å². The van der Waals surface area contributed by atoms with Crippen molar-refractivity contribution in [3.63, 3.8) is 0 Å². The van der Waals surface area contributed by atoms with E-state index in [4.69, 9.17) is 14.5 Å². The van der Waals surface area contributed by atoms with Crippen LogP contribution in [0.4, 0.5) is 0 Å². The van der Waals surface area contributed by atoms with E-state index in [1.54, 1.807) is 41.1 Å². The number of amides is 1. The Morgan fingerprint density at radius 3 is 2.78 bits per heavy atom. The number of rotatable bonds is 5. The Labute approximate surface area is 206 Å². The number of benzene rings is 1. The molecule has 36 heavy (non-hydrogen) atoms. The van der Waals surface area contributed by atoms with Gasteiger partial charge in [0.25, 0.3) is 11.5 Å². The number of aryl methyl sites for hydroxylation is 1. The van der Waals surface area contributed by atoms with Gasteiger partial charge in [-0.05, 0) is 68.7 Å². The van der Waals surface area contributed by atoms with Crippen LogP contribution in [0.3, 0.4) is 0 Å². The summed E-state index contributed by atoms with van der Waals surface area (Å²) in [5, 5.41) is 10.3. The molecule has 1 fully saturated rings. The molecule has 0 bridgehead atoms. The number of pyridine rings is 2. The lowest BCUT2D eigenvalue weighted by molar-refractivity contribution is 0.0952. The minimum Gasteiger partial charge on any atom is -0.494 e. The van der Waals surface area contributed by atoms with Crippen LogP contribution in [0.25, 0.3) is 16.7 Å². The maximum Gasteiger partial charge on any atom is 0.278 e. The molecule has 9 nitrogen and oxygen atoms in total. The smallest absolute Gasteiger partial charge is 0.278 e. The molecule has 1 aliphatic heterocycles. The first kappa shape index (κ1) is 23.5. The van der Waals surface area contributed by atoms with Crippen molar-refractivity contribution in [2.24, 2.45) is 4.99 Å². The van der Waals surface area contributed by atoms with Gasteiger partial charge in [-0.3, -0.25) is 14.0 Å². The number of ether oxygens (including phenoxy) is 2. The normalized spacial score (nSPS) is 15.9. The molecule has 0 saturated carbocycles. The van der Waals surface area contributed by atoms with E-state index in [1.165, 1.54) is 10.5 Å². The molecule has 3 aromatic heterocycles. The summed E-state index contributed by atoms with van der Waals surface area (Å²) in [6, 6.07) is 13.9. The third kappa shape index (κ3) is 4.27. The van der Waals surface area contributed by atoms with Crippen molar-refractivity contribution in [1.29, 1.82) is 5.26 Å². The highest BCUT2D eigenvalue weighted by Crippen LogP contribution is 2.18. The van der Waals surface area contributed by atoms with Crippen LogP contribution >= 0.6 is 0 Å². The molecule has 1 amide bonds. The first-order valence-electron chi connectivity index (χ1n) is 11.9. The highest BCUT2D eigenvalue weighted by molar-refractivity contribution is 5.95. The summed E-state index contributed by atoms with van der Waals surface area (Å²) in [6.07, 6.45) is 3.25. The summed E-state index contributed by atoms with van der Waals surface area (Å²) in [5.74, 6) is 0.140. The van der Waals surface area contributed by atoms with E-state index < -0.39 is 5.91 Å². The second-order valence-electron chi connectivity index (χ2n) is 8.65. The molecule has 0 unspecified atom stereocenters. The molecule has 0 aliphatic carbocycles. The van der Waals surface area contributed by atoms with Crippen molar-refractivity contribution >= 4 is 22.6 Å². The monoisotopic (exact) mass is 483 g/mol. The summed E-state index contributed by atoms with van der Waals surface area (Å²) in [6.45, 7) is 5.23. The standard InChI is InChI=1S/C27H25N5O4/c1-3-35-20-10-8-18(9-11-20)26(33)30-24-19(15-28)14-22-25(32(24)16-21-7-5-13-36-21)29-23-17(2)6-4-12-31(23)27(22)34/h4,6,8-12,14,21H,3,5,7,13,16H2,1-2H3/t21-/m0/s1. The summed E-state index contributed by atoms with van der Waals surface area (Å²) in [4.78, 5) is 35.7. The third-order valence-corrected chi connectivity index (χ3v) is 6.26. The van der Waals surface area contributed by atoms with Crippen molar-refractivity contribution in [2.75, 3.05) is 13.2 Å². The molecule has 5 rings (SSSR count). The van der Waals surface area contributed by atoms with Gasteiger partial charge >= 0.3 is 0 Å². The largest absolute Gasteiger partial charge is 0.494 e. The van der Waals surface area contributed by atoms with E-state index >= 15 is 0 Å². The first-order chi connectivity index (χ1) is 17.5. The van der Waals surface area contributed by atoms with Crippen LogP contribution in [-0.2, 0) is 11.3 Å². The SMILES string of the molecule is CCOc1ccc(C(=O)N=c2c(C#N)cc3c(=O)n4cccc(C)c4nc3n2C[C@@H]2CCCO2)cc1. The fraction of sp³-hybridized carbons (Fsp3) is 0.296. The molecule has 1 saturated heterocycles. The van der Waals surface area contributed by atoms with Crippen LogP contribution in [0.2, 0.25) is 0 Å². The number of nitriles is 1. The van der Waals surface area contributed by atoms with Crippen molar-refractivity contribution in [3.8, 4) is 11.8 Å². The van der Waals surface area contributed by atoms with Gasteiger partial charge in [-0.15, -0.1) is 0 Å². The number of hydrogen-bond donors (Lipinski definition) is 0. The maximum atomic E-state index is 13.4. The predicted molar refractivity (Wildman–Crippen MR) is 133 cm³/mol. The van der Waals surface area contributed by atoms with Gasteiger partial charge in [0.15, 0.2) is 5.49 Å². The number of carbonyl (C=O) groups is 1. The third-order valence-electron chi connectivity index (χ3n) is 6.26. The lowest BCUT2D eigenvalue weighted by Crippen LogP contribution is -2.33. The fourth-order valence-electron chi connectivity index (χ4n) is 4.48. The van der Waals surface area contributed by atoms with Crippen molar-refractivity contribution in [1.82, 2.24) is 14.0 Å². The molecule has 9 heteroatoms. The Morgan fingerprint density at radius 1 is 1.28 bits per heavy atom. The summed E-state index contributed by atoms with van der Waals surface area (Å²) in [7, 11) is 0. The van der Waals surface area contributed by atoms with E-state index in [0.29, 0.717) is 42.4 Å². The van der Waals surface area contributed by atoms with Gasteiger partial charge in [0.05, 0.1) is 30.2 Å². The first-order valence-corrected chi connectivity index (χ1v) is 11.9. The van der Waals surface area contributed by atoms with Gasteiger partial charge < -0.3 is 14.0 Å². The molecule has 0 radical (unpaired) electrons. The van der Waals surface area contributed by atoms with Gasteiger partial charge in [0, 0.05) is 18.4 Å². The topological polar surface area (TPSA) is 111 Å². The second-order valence-corrected chi connectivity index (χ2v) is 8.65. The molecular weight excluding hydrogens is 458 g/mol. The van der Waals surface area contributed by atoms with Crippen LogP contribution in [-0.4, -0.2) is 39.2 Å². The zero-order valence-electron chi connectivity index (χ0n) is 20.1. The van der Waals surface area contributed by atoms with Crippen LogP contribution in [0.15, 0.2) is 58.4 Å². The molecule has 1 atom stereocenters. The maximum absolute atomic E-state index is 13.4. The number of carbonyl (C=O) groups excluding carboxylic acids is 1. The lowest BCUT2D eigenvalue weighted by atomic mass is 10.1. The number of nitrogens with zero attached hydrogens (tertiary/aromatic N) is 5. The molecule has 0 N–H and O–H groups in total. The van der Waals surface area contributed by atoms with Gasteiger partial charge in [-0.25, -0.2) is 4.98 Å².